The van der Waals surface area contributed by atoms with Crippen LogP contribution in [-0.2, 0) is 9.59 Å². The molecule has 1 aromatic heterocycles. The van der Waals surface area contributed by atoms with E-state index >= 15 is 0 Å². The predicted molar refractivity (Wildman–Crippen MR) is 147 cm³/mol. The molecular weight excluding hydrogens is 464 g/mol. The maximum atomic E-state index is 13.1. The van der Waals surface area contributed by atoms with E-state index in [1.807, 2.05) is 24.4 Å². The van der Waals surface area contributed by atoms with E-state index in [0.717, 1.165) is 29.3 Å². The number of fused-ring (bicyclic) bond motifs is 1. The number of carbonyl (C=O) groups is 2. The van der Waals surface area contributed by atoms with Gasteiger partial charge in [0.25, 0.3) is 5.91 Å². The summed E-state index contributed by atoms with van der Waals surface area (Å²) in [5, 5.41) is 10.2. The first-order chi connectivity index (χ1) is 17.7. The van der Waals surface area contributed by atoms with Crippen molar-refractivity contribution >= 4 is 22.8 Å². The monoisotopic (exact) mass is 502 g/mol. The molecule has 1 N–H and O–H groups in total. The Morgan fingerprint density at radius 2 is 1.76 bits per heavy atom. The van der Waals surface area contributed by atoms with Gasteiger partial charge in [-0.2, -0.15) is 0 Å². The molecule has 1 saturated heterocycles. The van der Waals surface area contributed by atoms with E-state index in [4.69, 9.17) is 9.84 Å². The zero-order valence-corrected chi connectivity index (χ0v) is 22.5. The highest BCUT2D eigenvalue weighted by molar-refractivity contribution is 5.97. The number of likely N-dealkylation sites (tertiary alicyclic amines) is 1. The number of aliphatic carboxylic acids is 1. The van der Waals surface area contributed by atoms with Gasteiger partial charge in [-0.05, 0) is 78.0 Å². The Kier molecular flexibility index (Phi) is 8.16. The highest BCUT2D eigenvalue weighted by atomic mass is 16.5. The lowest BCUT2D eigenvalue weighted by Crippen LogP contribution is -2.46. The molecule has 37 heavy (non-hydrogen) atoms. The van der Waals surface area contributed by atoms with Crippen molar-refractivity contribution in [3.63, 3.8) is 0 Å². The van der Waals surface area contributed by atoms with Crippen molar-refractivity contribution < 1.29 is 19.4 Å². The second-order valence-corrected chi connectivity index (χ2v) is 10.8. The summed E-state index contributed by atoms with van der Waals surface area (Å²) in [7, 11) is 0. The Balaban J connectivity index is 1.60. The van der Waals surface area contributed by atoms with Crippen LogP contribution in [0.25, 0.3) is 22.0 Å². The van der Waals surface area contributed by atoms with Gasteiger partial charge in [-0.3, -0.25) is 14.6 Å². The van der Waals surface area contributed by atoms with E-state index in [0.29, 0.717) is 30.7 Å². The summed E-state index contributed by atoms with van der Waals surface area (Å²) in [4.78, 5) is 30.6. The van der Waals surface area contributed by atoms with Crippen LogP contribution in [0.5, 0.6) is 5.75 Å². The third-order valence-corrected chi connectivity index (χ3v) is 7.31. The van der Waals surface area contributed by atoms with Gasteiger partial charge in [-0.1, -0.05) is 45.9 Å². The average Bonchev–Trinajstić information content (AvgIpc) is 2.87. The highest BCUT2D eigenvalue weighted by Gasteiger charge is 2.29. The number of rotatable bonds is 8. The molecule has 6 nitrogen and oxygen atoms in total. The predicted octanol–water partition coefficient (Wildman–Crippen LogP) is 6.63. The van der Waals surface area contributed by atoms with Crippen LogP contribution in [0.15, 0.2) is 48.7 Å². The first-order valence-electron chi connectivity index (χ1n) is 13.3. The molecule has 1 aliphatic rings. The molecule has 0 radical (unpaired) electrons. The summed E-state index contributed by atoms with van der Waals surface area (Å²) in [6, 6.07) is 14.5. The third-order valence-electron chi connectivity index (χ3n) is 7.31. The molecule has 3 aromatic rings. The molecule has 0 unspecified atom stereocenters. The molecule has 0 saturated carbocycles. The quantitative estimate of drug-likeness (QED) is 0.374. The first-order valence-corrected chi connectivity index (χ1v) is 13.3. The number of hydrogen-bond donors (Lipinski definition) is 1. The Bertz CT molecular complexity index is 1260. The van der Waals surface area contributed by atoms with E-state index < -0.39 is 12.1 Å². The van der Waals surface area contributed by atoms with Crippen LogP contribution in [0.1, 0.15) is 76.8 Å². The SMILES string of the molecule is CC(C)c1cccc(C(C)C)c1-c1ccnc2cc(O[C@H](C)C(=O)N3CCC[C@H](CC(=O)O)C3)ccc12. The summed E-state index contributed by atoms with van der Waals surface area (Å²) in [5.41, 5.74) is 5.90. The van der Waals surface area contributed by atoms with Gasteiger partial charge >= 0.3 is 5.97 Å². The first kappa shape index (κ1) is 26.6. The average molecular weight is 503 g/mol. The van der Waals surface area contributed by atoms with E-state index in [9.17, 15) is 9.59 Å². The van der Waals surface area contributed by atoms with Crippen LogP contribution in [0, 0.1) is 5.92 Å². The molecule has 6 heteroatoms. The summed E-state index contributed by atoms with van der Waals surface area (Å²) in [6.45, 7) is 11.8. The van der Waals surface area contributed by atoms with Gasteiger partial charge in [0.05, 0.1) is 5.52 Å². The van der Waals surface area contributed by atoms with Crippen LogP contribution < -0.4 is 4.74 Å². The fourth-order valence-corrected chi connectivity index (χ4v) is 5.47. The number of pyridine rings is 1. The molecule has 1 fully saturated rings. The number of carboxylic acids is 1. The number of benzene rings is 2. The van der Waals surface area contributed by atoms with Crippen molar-refractivity contribution in [3.05, 3.63) is 59.8 Å². The van der Waals surface area contributed by atoms with Gasteiger partial charge in [0.1, 0.15) is 5.75 Å². The number of hydrogen-bond acceptors (Lipinski definition) is 4. The summed E-state index contributed by atoms with van der Waals surface area (Å²) in [6.07, 6.45) is 2.92. The molecular formula is C31H38N2O4. The number of carboxylic acid groups (broad SMARTS) is 1. The minimum absolute atomic E-state index is 0.00450. The number of piperidine rings is 1. The maximum Gasteiger partial charge on any atom is 0.303 e. The lowest BCUT2D eigenvalue weighted by molar-refractivity contribution is -0.143. The highest BCUT2D eigenvalue weighted by Crippen LogP contribution is 2.39. The zero-order chi connectivity index (χ0) is 26.7. The molecule has 2 atom stereocenters. The topological polar surface area (TPSA) is 79.7 Å². The minimum atomic E-state index is -0.817. The van der Waals surface area contributed by atoms with Crippen molar-refractivity contribution in [1.29, 1.82) is 0 Å². The van der Waals surface area contributed by atoms with Crippen molar-refractivity contribution in [2.45, 2.75) is 71.8 Å². The van der Waals surface area contributed by atoms with Crippen molar-refractivity contribution in [2.24, 2.45) is 5.92 Å². The third kappa shape index (κ3) is 5.95. The Morgan fingerprint density at radius 1 is 1.05 bits per heavy atom. The fourth-order valence-electron chi connectivity index (χ4n) is 5.47. The molecule has 1 amide bonds. The number of aromatic nitrogens is 1. The molecule has 2 heterocycles. The molecule has 1 aliphatic heterocycles. The number of ether oxygens (including phenoxy) is 1. The van der Waals surface area contributed by atoms with E-state index in [1.165, 1.54) is 16.7 Å². The summed E-state index contributed by atoms with van der Waals surface area (Å²) in [5.74, 6) is 0.438. The number of carbonyl (C=O) groups excluding carboxylic acids is 1. The second-order valence-electron chi connectivity index (χ2n) is 10.8. The molecule has 196 valence electrons. The minimum Gasteiger partial charge on any atom is -0.481 e. The smallest absolute Gasteiger partial charge is 0.303 e. The van der Waals surface area contributed by atoms with E-state index in [1.54, 1.807) is 11.8 Å². The van der Waals surface area contributed by atoms with Crippen molar-refractivity contribution in [3.8, 4) is 16.9 Å². The van der Waals surface area contributed by atoms with Gasteiger partial charge in [-0.15, -0.1) is 0 Å². The van der Waals surface area contributed by atoms with E-state index in [2.05, 4.69) is 56.9 Å². The van der Waals surface area contributed by atoms with Crippen LogP contribution in [0.2, 0.25) is 0 Å². The lowest BCUT2D eigenvalue weighted by Gasteiger charge is -2.33. The zero-order valence-electron chi connectivity index (χ0n) is 22.5. The molecule has 0 aliphatic carbocycles. The van der Waals surface area contributed by atoms with Crippen molar-refractivity contribution in [1.82, 2.24) is 9.88 Å². The van der Waals surface area contributed by atoms with Gasteiger partial charge in [0.15, 0.2) is 6.10 Å². The van der Waals surface area contributed by atoms with Crippen LogP contribution in [0.3, 0.4) is 0 Å². The Labute approximate surface area is 219 Å². The standard InChI is InChI=1S/C31H38N2O4/c1-19(2)24-9-6-10-25(20(3)4)30(24)27-13-14-32-28-17-23(11-12-26(27)28)37-21(5)31(36)33-15-7-8-22(18-33)16-29(34)35/h6,9-14,17,19-22H,7-8,15-16,18H2,1-5H3,(H,34,35)/t21-,22-/m1/s1. The Hall–Kier alpha value is -3.41. The van der Waals surface area contributed by atoms with Crippen LogP contribution in [-0.4, -0.2) is 46.1 Å². The molecule has 0 bridgehead atoms. The number of amides is 1. The van der Waals surface area contributed by atoms with E-state index in [-0.39, 0.29) is 18.2 Å². The number of nitrogens with zero attached hydrogens (tertiary/aromatic N) is 2. The second kappa shape index (κ2) is 11.3. The maximum absolute atomic E-state index is 13.1. The van der Waals surface area contributed by atoms with Gasteiger partial charge in [-0.25, -0.2) is 0 Å². The molecule has 0 spiro atoms. The Morgan fingerprint density at radius 3 is 2.41 bits per heavy atom. The molecule has 4 rings (SSSR count). The molecule has 2 aromatic carbocycles. The van der Waals surface area contributed by atoms with Crippen LogP contribution in [0.4, 0.5) is 0 Å². The summed E-state index contributed by atoms with van der Waals surface area (Å²) >= 11 is 0. The lowest BCUT2D eigenvalue weighted by atomic mass is 9.84. The van der Waals surface area contributed by atoms with Gasteiger partial charge in [0, 0.05) is 37.2 Å². The van der Waals surface area contributed by atoms with Gasteiger partial charge in [0.2, 0.25) is 0 Å². The summed E-state index contributed by atoms with van der Waals surface area (Å²) < 4.78 is 6.08. The fraction of sp³-hybridized carbons (Fsp3) is 0.452. The normalized spacial score (nSPS) is 16.8. The van der Waals surface area contributed by atoms with Crippen LogP contribution >= 0.6 is 0 Å². The largest absolute Gasteiger partial charge is 0.481 e. The van der Waals surface area contributed by atoms with Crippen molar-refractivity contribution in [2.75, 3.05) is 13.1 Å². The van der Waals surface area contributed by atoms with Gasteiger partial charge < -0.3 is 14.7 Å².